The molecule has 69 heavy (non-hydrogen) atoms. The molecule has 0 radical (unpaired) electrons. The molecule has 0 amide bonds. The topological polar surface area (TPSA) is 78.9 Å². The fraction of sp³-hybridized carbons (Fsp3) is 0.952. The Morgan fingerprint density at radius 1 is 0.232 bits per heavy atom. The normalized spacial score (nSPS) is 11.9. The Morgan fingerprint density at radius 3 is 0.580 bits per heavy atom. The highest BCUT2D eigenvalue weighted by Gasteiger charge is 2.19. The Bertz CT molecular complexity index is 1030. The van der Waals surface area contributed by atoms with Crippen molar-refractivity contribution in [1.29, 1.82) is 0 Å². The zero-order valence-electron chi connectivity index (χ0n) is 47.1. The first-order valence-electron chi connectivity index (χ1n) is 31.5. The predicted octanol–water partition coefficient (Wildman–Crippen LogP) is 21.1. The van der Waals surface area contributed by atoms with Crippen molar-refractivity contribution in [3.8, 4) is 0 Å². The maximum Gasteiger partial charge on any atom is 0.306 e. The van der Waals surface area contributed by atoms with Crippen molar-refractivity contribution in [2.75, 3.05) is 13.2 Å². The monoisotopic (exact) mass is 975 g/mol. The fourth-order valence-corrected chi connectivity index (χ4v) is 9.86. The molecule has 0 aliphatic heterocycles. The van der Waals surface area contributed by atoms with E-state index in [0.29, 0.717) is 19.3 Å². The number of hydrogen-bond donors (Lipinski definition) is 0. The minimum absolute atomic E-state index is 0.0624. The van der Waals surface area contributed by atoms with E-state index in [1.54, 1.807) is 0 Å². The van der Waals surface area contributed by atoms with E-state index in [1.165, 1.54) is 263 Å². The van der Waals surface area contributed by atoms with Crippen LogP contribution in [0.4, 0.5) is 0 Å². The van der Waals surface area contributed by atoms with Crippen molar-refractivity contribution >= 4 is 17.9 Å². The van der Waals surface area contributed by atoms with Gasteiger partial charge in [-0.1, -0.05) is 329 Å². The lowest BCUT2D eigenvalue weighted by molar-refractivity contribution is -0.167. The van der Waals surface area contributed by atoms with Crippen LogP contribution in [0.5, 0.6) is 0 Å². The molecule has 6 heteroatoms. The first kappa shape index (κ1) is 67.4. The number of ether oxygens (including phenoxy) is 3. The molecule has 0 rings (SSSR count). The van der Waals surface area contributed by atoms with Crippen LogP contribution in [0.1, 0.15) is 367 Å². The second kappa shape index (κ2) is 59.0. The predicted molar refractivity (Wildman–Crippen MR) is 298 cm³/mol. The number of carbonyl (C=O) groups is 3. The van der Waals surface area contributed by atoms with Gasteiger partial charge < -0.3 is 14.2 Å². The second-order valence-electron chi connectivity index (χ2n) is 21.7. The van der Waals surface area contributed by atoms with Crippen LogP contribution in [-0.2, 0) is 28.6 Å². The van der Waals surface area contributed by atoms with E-state index in [9.17, 15) is 14.4 Å². The molecule has 410 valence electrons. The summed E-state index contributed by atoms with van der Waals surface area (Å²) in [7, 11) is 0. The molecule has 1 unspecified atom stereocenters. The van der Waals surface area contributed by atoms with Gasteiger partial charge in [0.1, 0.15) is 13.2 Å². The summed E-state index contributed by atoms with van der Waals surface area (Å²) in [6.45, 7) is 6.64. The van der Waals surface area contributed by atoms with Crippen LogP contribution in [0.3, 0.4) is 0 Å². The molecule has 0 spiro atoms. The van der Waals surface area contributed by atoms with Crippen LogP contribution in [0.2, 0.25) is 0 Å². The van der Waals surface area contributed by atoms with Gasteiger partial charge in [-0.2, -0.15) is 0 Å². The molecule has 0 aliphatic carbocycles. The third-order valence-electron chi connectivity index (χ3n) is 14.6. The van der Waals surface area contributed by atoms with Gasteiger partial charge in [0.05, 0.1) is 0 Å². The summed E-state index contributed by atoms with van der Waals surface area (Å²) in [4.78, 5) is 37.9. The molecule has 0 saturated carbocycles. The van der Waals surface area contributed by atoms with Gasteiger partial charge >= 0.3 is 17.9 Å². The standard InChI is InChI=1S/C63H122O6/c1-4-7-10-13-15-17-19-21-23-25-27-29-30-31-32-33-34-36-37-39-41-43-45-47-50-53-56-62(65)68-59-60(58-67-61(64)55-52-49-12-9-6-3)69-63(66)57-54-51-48-46-44-42-40-38-35-28-26-24-22-20-18-16-14-11-8-5-2/h60H,4-59H2,1-3H3. The van der Waals surface area contributed by atoms with Gasteiger partial charge in [-0.3, -0.25) is 14.4 Å². The molecule has 0 aromatic rings. The molecule has 0 bridgehead atoms. The second-order valence-corrected chi connectivity index (χ2v) is 21.7. The van der Waals surface area contributed by atoms with E-state index in [1.807, 2.05) is 0 Å². The van der Waals surface area contributed by atoms with Crippen LogP contribution in [0.25, 0.3) is 0 Å². The highest BCUT2D eigenvalue weighted by molar-refractivity contribution is 5.71. The van der Waals surface area contributed by atoms with E-state index in [2.05, 4.69) is 20.8 Å². The molecule has 0 aromatic carbocycles. The van der Waals surface area contributed by atoms with E-state index >= 15 is 0 Å². The lowest BCUT2D eigenvalue weighted by Crippen LogP contribution is -2.30. The Kier molecular flexibility index (Phi) is 57.6. The SMILES string of the molecule is CCCCCCCCCCCCCCCCCCCCCCCCCCCCC(=O)OCC(COC(=O)CCCCCCC)OC(=O)CCCCCCCCCCCCCCCCCCCCCC. The summed E-state index contributed by atoms with van der Waals surface area (Å²) in [5.74, 6) is -0.847. The Balaban J connectivity index is 3.95. The maximum atomic E-state index is 12.8. The highest BCUT2D eigenvalue weighted by Crippen LogP contribution is 2.19. The summed E-state index contributed by atoms with van der Waals surface area (Å²) in [5.41, 5.74) is 0. The average molecular weight is 976 g/mol. The molecule has 0 N–H and O–H groups in total. The first-order chi connectivity index (χ1) is 34.0. The number of esters is 3. The molecular weight excluding hydrogens is 853 g/mol. The lowest BCUT2D eigenvalue weighted by atomic mass is 10.0. The van der Waals surface area contributed by atoms with Gasteiger partial charge in [-0.05, 0) is 19.3 Å². The van der Waals surface area contributed by atoms with E-state index < -0.39 is 6.10 Å². The van der Waals surface area contributed by atoms with E-state index in [0.717, 1.165) is 64.2 Å². The molecule has 0 fully saturated rings. The molecule has 6 nitrogen and oxygen atoms in total. The van der Waals surface area contributed by atoms with Gasteiger partial charge in [-0.25, -0.2) is 0 Å². The molecule has 0 saturated heterocycles. The largest absolute Gasteiger partial charge is 0.462 e. The summed E-state index contributed by atoms with van der Waals surface area (Å²) in [6.07, 6.45) is 67.4. The van der Waals surface area contributed by atoms with Crippen LogP contribution in [0, 0.1) is 0 Å². The highest BCUT2D eigenvalue weighted by atomic mass is 16.6. The number of carbonyl (C=O) groups excluding carboxylic acids is 3. The molecule has 0 aliphatic rings. The van der Waals surface area contributed by atoms with E-state index in [4.69, 9.17) is 14.2 Å². The van der Waals surface area contributed by atoms with Crippen LogP contribution in [0.15, 0.2) is 0 Å². The van der Waals surface area contributed by atoms with Gasteiger partial charge in [0.2, 0.25) is 0 Å². The molecule has 0 aromatic heterocycles. The minimum Gasteiger partial charge on any atom is -0.462 e. The first-order valence-corrected chi connectivity index (χ1v) is 31.5. The quantitative estimate of drug-likeness (QED) is 0.0343. The molecule has 1 atom stereocenters. The van der Waals surface area contributed by atoms with Gasteiger partial charge in [-0.15, -0.1) is 0 Å². The third-order valence-corrected chi connectivity index (χ3v) is 14.6. The van der Waals surface area contributed by atoms with Crippen molar-refractivity contribution in [3.05, 3.63) is 0 Å². The van der Waals surface area contributed by atoms with Crippen molar-refractivity contribution in [3.63, 3.8) is 0 Å². The van der Waals surface area contributed by atoms with Crippen molar-refractivity contribution in [2.45, 2.75) is 374 Å². The molecule has 0 heterocycles. The van der Waals surface area contributed by atoms with Crippen molar-refractivity contribution in [2.24, 2.45) is 0 Å². The third kappa shape index (κ3) is 57.2. The zero-order valence-corrected chi connectivity index (χ0v) is 47.1. The van der Waals surface area contributed by atoms with Crippen LogP contribution < -0.4 is 0 Å². The number of unbranched alkanes of at least 4 members (excludes halogenated alkanes) is 48. The fourth-order valence-electron chi connectivity index (χ4n) is 9.86. The summed E-state index contributed by atoms with van der Waals surface area (Å²) in [5, 5.41) is 0. The maximum absolute atomic E-state index is 12.8. The number of hydrogen-bond acceptors (Lipinski definition) is 6. The van der Waals surface area contributed by atoms with Crippen LogP contribution >= 0.6 is 0 Å². The Hall–Kier alpha value is -1.59. The Labute approximate surface area is 431 Å². The van der Waals surface area contributed by atoms with Gasteiger partial charge in [0, 0.05) is 19.3 Å². The molecular formula is C63H122O6. The smallest absolute Gasteiger partial charge is 0.306 e. The van der Waals surface area contributed by atoms with Crippen molar-refractivity contribution < 1.29 is 28.6 Å². The summed E-state index contributed by atoms with van der Waals surface area (Å²) < 4.78 is 16.8. The average Bonchev–Trinajstić information content (AvgIpc) is 3.35. The van der Waals surface area contributed by atoms with Crippen molar-refractivity contribution in [1.82, 2.24) is 0 Å². The number of rotatable bonds is 59. The Morgan fingerprint density at radius 2 is 0.391 bits per heavy atom. The minimum atomic E-state index is -0.760. The van der Waals surface area contributed by atoms with Gasteiger partial charge in [0.25, 0.3) is 0 Å². The van der Waals surface area contributed by atoms with E-state index in [-0.39, 0.29) is 31.1 Å². The lowest BCUT2D eigenvalue weighted by Gasteiger charge is -2.18. The summed E-state index contributed by atoms with van der Waals surface area (Å²) >= 11 is 0. The summed E-state index contributed by atoms with van der Waals surface area (Å²) in [6, 6.07) is 0. The van der Waals surface area contributed by atoms with Gasteiger partial charge in [0.15, 0.2) is 6.10 Å². The van der Waals surface area contributed by atoms with Crippen LogP contribution in [-0.4, -0.2) is 37.2 Å². The zero-order chi connectivity index (χ0) is 50.0.